The smallest absolute Gasteiger partial charge is 0.328 e. The van der Waals surface area contributed by atoms with Gasteiger partial charge in [-0.25, -0.2) is 9.18 Å². The maximum absolute atomic E-state index is 17.2. The first kappa shape index (κ1) is 49.5. The number of likely N-dealkylation sites (tertiary alicyclic amines) is 1. The Bertz CT molecular complexity index is 2940. The summed E-state index contributed by atoms with van der Waals surface area (Å²) in [5, 5.41) is 26.7. The number of hydrogen-bond donors (Lipinski definition) is 3. The van der Waals surface area contributed by atoms with E-state index in [1.54, 1.807) is 36.5 Å². The zero-order valence-electron chi connectivity index (χ0n) is 42.1. The van der Waals surface area contributed by atoms with E-state index in [0.29, 0.717) is 78.2 Å². The number of halogens is 2. The van der Waals surface area contributed by atoms with Gasteiger partial charge < -0.3 is 34.5 Å². The third kappa shape index (κ3) is 10.3. The number of carbonyl (C=O) groups excluding carboxylic acids is 3. The number of aryl methyl sites for hydroxylation is 1. The van der Waals surface area contributed by atoms with Crippen LogP contribution in [0.4, 0.5) is 20.7 Å². The molecule has 3 aromatic carbocycles. The molecule has 2 aliphatic carbocycles. The number of carbonyl (C=O) groups is 3. The molecule has 1 spiro atoms. The molecule has 6 aliphatic rings. The molecule has 0 radical (unpaired) electrons. The number of nitrogens with one attached hydrogen (secondary N) is 1. The molecular formula is C56H67ClFN9O6. The Morgan fingerprint density at radius 3 is 2.41 bits per heavy atom. The Morgan fingerprint density at radius 2 is 1.68 bits per heavy atom. The number of aromatic nitrogens is 3. The lowest BCUT2D eigenvalue weighted by molar-refractivity contribution is -0.120. The van der Waals surface area contributed by atoms with Crippen LogP contribution in [0.2, 0.25) is 5.02 Å². The van der Waals surface area contributed by atoms with Gasteiger partial charge in [0.25, 0.3) is 5.91 Å². The molecule has 4 aliphatic heterocycles. The highest BCUT2D eigenvalue weighted by Gasteiger charge is 2.46. The van der Waals surface area contributed by atoms with E-state index in [4.69, 9.17) is 26.3 Å². The van der Waals surface area contributed by atoms with Gasteiger partial charge in [0.1, 0.15) is 22.8 Å². The van der Waals surface area contributed by atoms with Crippen LogP contribution in [0.25, 0.3) is 32.9 Å². The number of phenols is 1. The van der Waals surface area contributed by atoms with Crippen LogP contribution in [-0.4, -0.2) is 142 Å². The second kappa shape index (κ2) is 19.9. The van der Waals surface area contributed by atoms with E-state index in [0.717, 1.165) is 94.1 Å². The van der Waals surface area contributed by atoms with Crippen molar-refractivity contribution in [3.63, 3.8) is 0 Å². The number of piperidine rings is 2. The molecule has 1 atom stereocenters. The highest BCUT2D eigenvalue weighted by atomic mass is 35.5. The van der Waals surface area contributed by atoms with E-state index < -0.39 is 17.4 Å². The topological polar surface area (TPSA) is 168 Å². The number of imide groups is 1. The Morgan fingerprint density at radius 1 is 0.918 bits per heavy atom. The molecule has 11 rings (SSSR count). The fraction of sp³-hybridized carbons (Fsp3) is 0.536. The summed E-state index contributed by atoms with van der Waals surface area (Å²) < 4.78 is 23.7. The van der Waals surface area contributed by atoms with Gasteiger partial charge >= 0.3 is 12.0 Å². The number of aromatic hydroxyl groups is 1. The summed E-state index contributed by atoms with van der Waals surface area (Å²) in [7, 11) is 0. The number of nitrogens with zero attached hydrogens (tertiary/aromatic N) is 8. The monoisotopic (exact) mass is 1020 g/mol. The highest BCUT2D eigenvalue weighted by molar-refractivity contribution is 6.34. The average Bonchev–Trinajstić information content (AvgIpc) is 4.15. The Balaban J connectivity index is 0.690. The maximum atomic E-state index is 17.2. The number of piperazine rings is 1. The molecule has 0 bridgehead atoms. The van der Waals surface area contributed by atoms with Crippen LogP contribution in [0.3, 0.4) is 0 Å². The first-order chi connectivity index (χ1) is 35.2. The van der Waals surface area contributed by atoms with Crippen LogP contribution in [0.1, 0.15) is 100 Å². The van der Waals surface area contributed by atoms with Crippen molar-refractivity contribution in [3.8, 4) is 23.0 Å². The lowest BCUT2D eigenvalue weighted by Crippen LogP contribution is -2.50. The number of anilines is 2. The van der Waals surface area contributed by atoms with E-state index in [1.165, 1.54) is 30.6 Å². The lowest BCUT2D eigenvalue weighted by atomic mass is 9.65. The minimum atomic E-state index is -0.931. The maximum Gasteiger partial charge on any atom is 0.328 e. The molecule has 15 nitrogen and oxygen atoms in total. The number of benzene rings is 3. The SMILES string of the molecule is CCc1cccc2cc(O)cc(-c3ncc4c(N5CCC[C@@](C)(O)C5)nc(OCC5(CN6CCN(CC7CCC8(CC7)CCN(C(=O)c7ccc(Cl)c(N9CCC(=O)NC9=O)c7)CC8)CC6)CC5)nc4c3F)c12. The standard InChI is InChI=1S/C56H67ClFN9O6/c1-3-37-6-4-7-38-28-40(68)30-41(46(37)38)48-47(58)49-42(31-59-48)50(66-20-5-13-54(2,72)33-66)62-52(61-49)73-35-56(16-17-56)34-64-26-24-63(25-27-64)32-36-10-14-55(15-11-36)18-22-65(23-19-55)51(70)39-8-9-43(57)44(29-39)67-21-12-45(69)60-53(67)71/h4,6-9,28-31,36,68,72H,3,5,10-27,32-35H2,1-2H3,(H,60,69,71)/t54-/m1/s1. The molecular weight excluding hydrogens is 949 g/mol. The molecule has 3 N–H and O–H groups in total. The summed E-state index contributed by atoms with van der Waals surface area (Å²) in [5.41, 5.74) is 1.99. The number of aliphatic hydroxyl groups is 1. The molecule has 4 saturated heterocycles. The van der Waals surface area contributed by atoms with E-state index in [9.17, 15) is 24.6 Å². The van der Waals surface area contributed by atoms with Crippen LogP contribution in [0, 0.1) is 22.6 Å². The summed E-state index contributed by atoms with van der Waals surface area (Å²) in [4.78, 5) is 62.9. The predicted octanol–water partition coefficient (Wildman–Crippen LogP) is 8.59. The zero-order valence-corrected chi connectivity index (χ0v) is 42.9. The van der Waals surface area contributed by atoms with Crippen molar-refractivity contribution < 1.29 is 33.7 Å². The Hall–Kier alpha value is -5.68. The third-order valence-corrected chi connectivity index (χ3v) is 17.4. The van der Waals surface area contributed by atoms with Gasteiger partial charge in [0, 0.05) is 101 Å². The van der Waals surface area contributed by atoms with Gasteiger partial charge in [-0.2, -0.15) is 9.97 Å². The van der Waals surface area contributed by atoms with Gasteiger partial charge in [-0.3, -0.25) is 24.8 Å². The number of urea groups is 1. The van der Waals surface area contributed by atoms with Crippen molar-refractivity contribution in [2.75, 3.05) is 88.4 Å². The molecule has 2 saturated carbocycles. The summed E-state index contributed by atoms with van der Waals surface area (Å²) in [5.74, 6) is 0.219. The van der Waals surface area contributed by atoms with Crippen LogP contribution in [0.5, 0.6) is 11.8 Å². The molecule has 5 aromatic rings. The van der Waals surface area contributed by atoms with Crippen LogP contribution < -0.4 is 19.9 Å². The Kier molecular flexibility index (Phi) is 13.5. The summed E-state index contributed by atoms with van der Waals surface area (Å²) in [6, 6.07) is 13.8. The molecule has 2 aromatic heterocycles. The first-order valence-corrected chi connectivity index (χ1v) is 26.9. The third-order valence-electron chi connectivity index (χ3n) is 17.1. The summed E-state index contributed by atoms with van der Waals surface area (Å²) in [6.45, 7) is 13.0. The number of rotatable bonds is 12. The first-order valence-electron chi connectivity index (χ1n) is 26.5. The number of fused-ring (bicyclic) bond motifs is 2. The second-order valence-corrected chi connectivity index (χ2v) is 22.8. The number of phenolic OH excluding ortho intramolecular Hbond substituents is 1. The molecule has 17 heteroatoms. The van der Waals surface area contributed by atoms with Crippen molar-refractivity contribution >= 4 is 62.6 Å². The molecule has 6 heterocycles. The molecule has 4 amide bonds. The van der Waals surface area contributed by atoms with Crippen molar-refractivity contribution in [3.05, 3.63) is 76.7 Å². The van der Waals surface area contributed by atoms with Crippen molar-refractivity contribution in [1.82, 2.24) is 35.0 Å². The predicted molar refractivity (Wildman–Crippen MR) is 280 cm³/mol. The van der Waals surface area contributed by atoms with Gasteiger partial charge in [0.2, 0.25) is 5.91 Å². The minimum absolute atomic E-state index is 0.0293. The number of pyridine rings is 1. The number of ether oxygens (including phenoxy) is 1. The quantitative estimate of drug-likeness (QED) is 0.109. The second-order valence-electron chi connectivity index (χ2n) is 22.4. The number of amides is 4. The normalized spacial score (nSPS) is 22.8. The van der Waals surface area contributed by atoms with Crippen LogP contribution in [0.15, 0.2) is 54.7 Å². The molecule has 6 fully saturated rings. The molecule has 73 heavy (non-hydrogen) atoms. The molecule has 0 unspecified atom stereocenters. The van der Waals surface area contributed by atoms with E-state index in [-0.39, 0.29) is 58.6 Å². The fourth-order valence-corrected chi connectivity index (χ4v) is 12.8. The number of hydrogen-bond acceptors (Lipinski definition) is 12. The zero-order chi connectivity index (χ0) is 50.6. The fourth-order valence-electron chi connectivity index (χ4n) is 12.6. The van der Waals surface area contributed by atoms with E-state index in [2.05, 4.69) is 27.0 Å². The van der Waals surface area contributed by atoms with Gasteiger partial charge in [-0.15, -0.1) is 0 Å². The average molecular weight is 1020 g/mol. The Labute approximate surface area is 431 Å². The largest absolute Gasteiger partial charge is 0.508 e. The van der Waals surface area contributed by atoms with Gasteiger partial charge in [0.15, 0.2) is 5.82 Å². The van der Waals surface area contributed by atoms with E-state index >= 15 is 4.39 Å². The van der Waals surface area contributed by atoms with E-state index in [1.807, 2.05) is 34.9 Å². The lowest BCUT2D eigenvalue weighted by Gasteiger charge is -2.47. The van der Waals surface area contributed by atoms with Gasteiger partial charge in [-0.05, 0) is 136 Å². The van der Waals surface area contributed by atoms with Gasteiger partial charge in [-0.1, -0.05) is 36.7 Å². The highest BCUT2D eigenvalue weighted by Crippen LogP contribution is 2.49. The summed E-state index contributed by atoms with van der Waals surface area (Å²) in [6.07, 6.45) is 12.8. The van der Waals surface area contributed by atoms with Crippen LogP contribution >= 0.6 is 11.6 Å². The molecule has 386 valence electrons. The van der Waals surface area contributed by atoms with Crippen molar-refractivity contribution in [1.29, 1.82) is 0 Å². The minimum Gasteiger partial charge on any atom is -0.508 e. The van der Waals surface area contributed by atoms with Gasteiger partial charge in [0.05, 0.1) is 28.3 Å². The van der Waals surface area contributed by atoms with Crippen molar-refractivity contribution in [2.24, 2.45) is 16.7 Å². The summed E-state index contributed by atoms with van der Waals surface area (Å²) >= 11 is 6.46. The van der Waals surface area contributed by atoms with Crippen molar-refractivity contribution in [2.45, 2.75) is 96.5 Å². The number of β-amino-alcohol motifs (C(OH)–C–C–N with tert-alkyl or cyclic N) is 1. The van der Waals surface area contributed by atoms with Crippen LogP contribution in [-0.2, 0) is 11.2 Å².